The number of halogens is 1. The molecule has 0 aliphatic carbocycles. The van der Waals surface area contributed by atoms with Crippen LogP contribution in [0.3, 0.4) is 0 Å². The van der Waals surface area contributed by atoms with Crippen molar-refractivity contribution in [3.05, 3.63) is 59.4 Å². The van der Waals surface area contributed by atoms with Crippen LogP contribution in [0.5, 0.6) is 11.5 Å². The van der Waals surface area contributed by atoms with Gasteiger partial charge in [0.25, 0.3) is 5.91 Å². The first-order chi connectivity index (χ1) is 14.9. The summed E-state index contributed by atoms with van der Waals surface area (Å²) in [4.78, 5) is 28.1. The molecule has 0 radical (unpaired) electrons. The SMILES string of the molecule is COc1cc(OC)cc(C(=O)N2CCN([C@@H](CCC(=O)O)c3ccc(F)cc3)CC2)c1. The number of carbonyl (C=O) groups excluding carboxylic acids is 1. The van der Waals surface area contributed by atoms with Gasteiger partial charge in [-0.1, -0.05) is 12.1 Å². The minimum Gasteiger partial charge on any atom is -0.497 e. The lowest BCUT2D eigenvalue weighted by molar-refractivity contribution is -0.137. The van der Waals surface area contributed by atoms with E-state index in [-0.39, 0.29) is 24.2 Å². The van der Waals surface area contributed by atoms with E-state index in [1.165, 1.54) is 26.4 Å². The molecule has 2 aromatic carbocycles. The Bertz CT molecular complexity index is 888. The summed E-state index contributed by atoms with van der Waals surface area (Å²) in [6, 6.07) is 11.1. The van der Waals surface area contributed by atoms with Crippen molar-refractivity contribution in [2.45, 2.75) is 18.9 Å². The zero-order chi connectivity index (χ0) is 22.4. The third-order valence-corrected chi connectivity index (χ3v) is 5.53. The summed E-state index contributed by atoms with van der Waals surface area (Å²) >= 11 is 0. The van der Waals surface area contributed by atoms with E-state index < -0.39 is 5.97 Å². The summed E-state index contributed by atoms with van der Waals surface area (Å²) in [5.74, 6) is -0.212. The fourth-order valence-electron chi connectivity index (χ4n) is 3.86. The average Bonchev–Trinajstić information content (AvgIpc) is 2.79. The first-order valence-corrected chi connectivity index (χ1v) is 10.1. The molecular formula is C23H27FN2O5. The molecule has 31 heavy (non-hydrogen) atoms. The summed E-state index contributed by atoms with van der Waals surface area (Å²) in [6.07, 6.45) is 0.437. The van der Waals surface area contributed by atoms with Gasteiger partial charge in [0.1, 0.15) is 17.3 Å². The Kier molecular flexibility index (Phi) is 7.46. The Hall–Kier alpha value is -3.13. The van der Waals surface area contributed by atoms with E-state index in [1.54, 1.807) is 35.2 Å². The maximum Gasteiger partial charge on any atom is 0.303 e. The summed E-state index contributed by atoms with van der Waals surface area (Å²) in [5.41, 5.74) is 1.37. The van der Waals surface area contributed by atoms with Gasteiger partial charge in [0.05, 0.1) is 14.2 Å². The number of rotatable bonds is 8. The molecule has 1 fully saturated rings. The van der Waals surface area contributed by atoms with Crippen LogP contribution in [-0.2, 0) is 4.79 Å². The Balaban J connectivity index is 1.70. The number of methoxy groups -OCH3 is 2. The molecule has 1 N–H and O–H groups in total. The molecule has 1 heterocycles. The molecular weight excluding hydrogens is 403 g/mol. The van der Waals surface area contributed by atoms with Gasteiger partial charge in [-0.15, -0.1) is 0 Å². The summed E-state index contributed by atoms with van der Waals surface area (Å²) < 4.78 is 23.9. The molecule has 2 aromatic rings. The third kappa shape index (κ3) is 5.73. The minimum atomic E-state index is -0.868. The van der Waals surface area contributed by atoms with Gasteiger partial charge in [0.15, 0.2) is 0 Å². The van der Waals surface area contributed by atoms with Gasteiger partial charge >= 0.3 is 5.97 Å². The summed E-state index contributed by atoms with van der Waals surface area (Å²) in [7, 11) is 3.07. The highest BCUT2D eigenvalue weighted by Gasteiger charge is 2.28. The van der Waals surface area contributed by atoms with Crippen LogP contribution >= 0.6 is 0 Å². The van der Waals surface area contributed by atoms with E-state index >= 15 is 0 Å². The largest absolute Gasteiger partial charge is 0.497 e. The topological polar surface area (TPSA) is 79.3 Å². The number of carboxylic acid groups (broad SMARTS) is 1. The van der Waals surface area contributed by atoms with Crippen LogP contribution in [0.1, 0.15) is 34.8 Å². The Labute approximate surface area is 181 Å². The van der Waals surface area contributed by atoms with Crippen molar-refractivity contribution in [1.82, 2.24) is 9.80 Å². The standard InChI is InChI=1S/C23H27FN2O5/c1-30-19-13-17(14-20(15-19)31-2)23(29)26-11-9-25(10-12-26)21(7-8-22(27)28)16-3-5-18(24)6-4-16/h3-6,13-15,21H,7-12H2,1-2H3,(H,27,28)/t21-/m0/s1. The quantitative estimate of drug-likeness (QED) is 0.693. The maximum atomic E-state index is 13.3. The molecule has 166 valence electrons. The van der Waals surface area contributed by atoms with Crippen molar-refractivity contribution in [2.24, 2.45) is 0 Å². The van der Waals surface area contributed by atoms with Crippen LogP contribution in [-0.4, -0.2) is 67.2 Å². The normalized spacial score (nSPS) is 15.4. The predicted molar refractivity (Wildman–Crippen MR) is 113 cm³/mol. The lowest BCUT2D eigenvalue weighted by Crippen LogP contribution is -2.49. The zero-order valence-electron chi connectivity index (χ0n) is 17.7. The van der Waals surface area contributed by atoms with Crippen molar-refractivity contribution in [3.63, 3.8) is 0 Å². The van der Waals surface area contributed by atoms with Gasteiger partial charge in [-0.05, 0) is 36.2 Å². The lowest BCUT2D eigenvalue weighted by Gasteiger charge is -2.39. The molecule has 0 bridgehead atoms. The molecule has 0 aromatic heterocycles. The average molecular weight is 430 g/mol. The van der Waals surface area contributed by atoms with Gasteiger partial charge < -0.3 is 19.5 Å². The smallest absolute Gasteiger partial charge is 0.303 e. The second kappa shape index (κ2) is 10.3. The van der Waals surface area contributed by atoms with Gasteiger partial charge in [-0.2, -0.15) is 0 Å². The second-order valence-corrected chi connectivity index (χ2v) is 7.43. The number of nitrogens with zero attached hydrogens (tertiary/aromatic N) is 2. The van der Waals surface area contributed by atoms with Crippen LogP contribution in [0.15, 0.2) is 42.5 Å². The summed E-state index contributed by atoms with van der Waals surface area (Å²) in [6.45, 7) is 2.19. The molecule has 0 unspecified atom stereocenters. The molecule has 1 aliphatic rings. The molecule has 0 spiro atoms. The van der Waals surface area contributed by atoms with Crippen molar-refractivity contribution >= 4 is 11.9 Å². The number of amides is 1. The Morgan fingerprint density at radius 3 is 2.10 bits per heavy atom. The highest BCUT2D eigenvalue weighted by Crippen LogP contribution is 2.28. The molecule has 0 saturated carbocycles. The third-order valence-electron chi connectivity index (χ3n) is 5.53. The predicted octanol–water partition coefficient (Wildman–Crippen LogP) is 3.21. The summed E-state index contributed by atoms with van der Waals surface area (Å²) in [5, 5.41) is 9.13. The number of piperazine rings is 1. The van der Waals surface area contributed by atoms with E-state index in [0.29, 0.717) is 49.7 Å². The number of hydrogen-bond acceptors (Lipinski definition) is 5. The molecule has 1 saturated heterocycles. The minimum absolute atomic E-state index is 0.0186. The maximum absolute atomic E-state index is 13.3. The number of carbonyl (C=O) groups is 2. The monoisotopic (exact) mass is 430 g/mol. The van der Waals surface area contributed by atoms with Gasteiger partial charge in [0, 0.05) is 50.3 Å². The molecule has 1 aliphatic heterocycles. The number of benzene rings is 2. The highest BCUT2D eigenvalue weighted by molar-refractivity contribution is 5.95. The van der Waals surface area contributed by atoms with Crippen molar-refractivity contribution < 1.29 is 28.6 Å². The lowest BCUT2D eigenvalue weighted by atomic mass is 9.99. The first kappa shape index (κ1) is 22.6. The number of aliphatic carboxylic acids is 1. The van der Waals surface area contributed by atoms with Crippen molar-refractivity contribution in [3.8, 4) is 11.5 Å². The van der Waals surface area contributed by atoms with E-state index in [1.807, 2.05) is 0 Å². The number of carboxylic acids is 1. The molecule has 8 heteroatoms. The van der Waals surface area contributed by atoms with E-state index in [9.17, 15) is 14.0 Å². The van der Waals surface area contributed by atoms with Gasteiger partial charge in [-0.25, -0.2) is 4.39 Å². The number of ether oxygens (including phenoxy) is 2. The fourth-order valence-corrected chi connectivity index (χ4v) is 3.86. The van der Waals surface area contributed by atoms with Crippen LogP contribution in [0.25, 0.3) is 0 Å². The van der Waals surface area contributed by atoms with Crippen LogP contribution < -0.4 is 9.47 Å². The van der Waals surface area contributed by atoms with Gasteiger partial charge in [-0.3, -0.25) is 14.5 Å². The number of hydrogen-bond donors (Lipinski definition) is 1. The Morgan fingerprint density at radius 1 is 1.00 bits per heavy atom. The highest BCUT2D eigenvalue weighted by atomic mass is 19.1. The molecule has 3 rings (SSSR count). The van der Waals surface area contributed by atoms with E-state index in [2.05, 4.69) is 4.90 Å². The van der Waals surface area contributed by atoms with Crippen LogP contribution in [0.4, 0.5) is 4.39 Å². The van der Waals surface area contributed by atoms with Crippen LogP contribution in [0, 0.1) is 5.82 Å². The van der Waals surface area contributed by atoms with E-state index in [0.717, 1.165) is 5.56 Å². The zero-order valence-corrected chi connectivity index (χ0v) is 17.7. The van der Waals surface area contributed by atoms with Crippen molar-refractivity contribution in [1.29, 1.82) is 0 Å². The molecule has 1 atom stereocenters. The van der Waals surface area contributed by atoms with Gasteiger partial charge in [0.2, 0.25) is 0 Å². The second-order valence-electron chi connectivity index (χ2n) is 7.43. The first-order valence-electron chi connectivity index (χ1n) is 10.1. The van der Waals surface area contributed by atoms with Crippen molar-refractivity contribution in [2.75, 3.05) is 40.4 Å². The molecule has 7 nitrogen and oxygen atoms in total. The fraction of sp³-hybridized carbons (Fsp3) is 0.391. The van der Waals surface area contributed by atoms with E-state index in [4.69, 9.17) is 14.6 Å². The van der Waals surface area contributed by atoms with Crippen LogP contribution in [0.2, 0.25) is 0 Å². The molecule has 1 amide bonds. The Morgan fingerprint density at radius 2 is 1.58 bits per heavy atom.